The van der Waals surface area contributed by atoms with Crippen LogP contribution in [0.1, 0.15) is 39.5 Å². The first-order valence-corrected chi connectivity index (χ1v) is 7.55. The Morgan fingerprint density at radius 3 is 2.35 bits per heavy atom. The molecule has 0 bridgehead atoms. The first-order valence-electron chi connectivity index (χ1n) is 7.55. The SMILES string of the molecule is CCOC(=O)C(C)(N)CCN(C)CC1(N(C)C)CCC1. The number of hydrogen-bond donors (Lipinski definition) is 1. The van der Waals surface area contributed by atoms with E-state index in [9.17, 15) is 4.79 Å². The summed E-state index contributed by atoms with van der Waals surface area (Å²) >= 11 is 0. The van der Waals surface area contributed by atoms with Gasteiger partial charge in [0.15, 0.2) is 0 Å². The number of ether oxygens (including phenoxy) is 1. The van der Waals surface area contributed by atoms with E-state index in [4.69, 9.17) is 10.5 Å². The van der Waals surface area contributed by atoms with E-state index in [1.165, 1.54) is 19.3 Å². The zero-order valence-corrected chi connectivity index (χ0v) is 13.7. The molecule has 0 spiro atoms. The second-order valence-electron chi connectivity index (χ2n) is 6.60. The monoisotopic (exact) mass is 285 g/mol. The van der Waals surface area contributed by atoms with Crippen molar-refractivity contribution < 1.29 is 9.53 Å². The molecule has 0 saturated heterocycles. The molecule has 118 valence electrons. The van der Waals surface area contributed by atoms with Gasteiger partial charge in [-0.05, 0) is 60.7 Å². The molecule has 1 fully saturated rings. The fourth-order valence-electron chi connectivity index (χ4n) is 2.73. The Labute approximate surface area is 123 Å². The lowest BCUT2D eigenvalue weighted by atomic mass is 9.75. The molecule has 1 aliphatic rings. The maximum Gasteiger partial charge on any atom is 0.325 e. The second kappa shape index (κ2) is 6.87. The molecule has 0 aromatic carbocycles. The topological polar surface area (TPSA) is 58.8 Å². The number of rotatable bonds is 8. The van der Waals surface area contributed by atoms with Gasteiger partial charge in [-0.3, -0.25) is 4.79 Å². The van der Waals surface area contributed by atoms with Crippen molar-refractivity contribution in [1.29, 1.82) is 0 Å². The Morgan fingerprint density at radius 1 is 1.35 bits per heavy atom. The molecule has 0 radical (unpaired) electrons. The molecule has 0 aromatic heterocycles. The van der Waals surface area contributed by atoms with Crippen LogP contribution >= 0.6 is 0 Å². The molecule has 1 saturated carbocycles. The van der Waals surface area contributed by atoms with Crippen LogP contribution in [0.5, 0.6) is 0 Å². The molecular weight excluding hydrogens is 254 g/mol. The summed E-state index contributed by atoms with van der Waals surface area (Å²) in [5, 5.41) is 0. The molecule has 5 heteroatoms. The van der Waals surface area contributed by atoms with Crippen LogP contribution in [0.15, 0.2) is 0 Å². The molecular formula is C15H31N3O2. The first-order chi connectivity index (χ1) is 9.23. The van der Waals surface area contributed by atoms with E-state index in [2.05, 4.69) is 30.9 Å². The quantitative estimate of drug-likeness (QED) is 0.676. The van der Waals surface area contributed by atoms with Gasteiger partial charge in [-0.2, -0.15) is 0 Å². The van der Waals surface area contributed by atoms with Gasteiger partial charge in [0.05, 0.1) is 6.61 Å². The van der Waals surface area contributed by atoms with Crippen LogP contribution in [-0.4, -0.2) is 67.7 Å². The van der Waals surface area contributed by atoms with Crippen LogP contribution in [-0.2, 0) is 9.53 Å². The van der Waals surface area contributed by atoms with Crippen molar-refractivity contribution >= 4 is 5.97 Å². The Balaban J connectivity index is 2.43. The summed E-state index contributed by atoms with van der Waals surface area (Å²) in [6.45, 7) is 5.77. The summed E-state index contributed by atoms with van der Waals surface area (Å²) in [6, 6.07) is 0. The zero-order chi connectivity index (χ0) is 15.4. The number of carbonyl (C=O) groups is 1. The number of hydrogen-bond acceptors (Lipinski definition) is 5. The largest absolute Gasteiger partial charge is 0.465 e. The minimum absolute atomic E-state index is 0.306. The molecule has 1 unspecified atom stereocenters. The summed E-state index contributed by atoms with van der Waals surface area (Å²) in [4.78, 5) is 16.4. The summed E-state index contributed by atoms with van der Waals surface area (Å²) in [5.74, 6) is -0.306. The van der Waals surface area contributed by atoms with Crippen LogP contribution in [0, 0.1) is 0 Å². The third-order valence-electron chi connectivity index (χ3n) is 4.55. The molecule has 0 aromatic rings. The third-order valence-corrected chi connectivity index (χ3v) is 4.55. The van der Waals surface area contributed by atoms with Gasteiger partial charge >= 0.3 is 5.97 Å². The van der Waals surface area contributed by atoms with Gasteiger partial charge in [-0.1, -0.05) is 0 Å². The minimum Gasteiger partial charge on any atom is -0.465 e. The molecule has 1 atom stereocenters. The van der Waals surface area contributed by atoms with E-state index >= 15 is 0 Å². The smallest absolute Gasteiger partial charge is 0.325 e. The van der Waals surface area contributed by atoms with Crippen molar-refractivity contribution in [2.45, 2.75) is 50.6 Å². The average Bonchev–Trinajstić information content (AvgIpc) is 2.31. The Hall–Kier alpha value is -0.650. The fourth-order valence-corrected chi connectivity index (χ4v) is 2.73. The van der Waals surface area contributed by atoms with Crippen molar-refractivity contribution in [3.8, 4) is 0 Å². The van der Waals surface area contributed by atoms with E-state index < -0.39 is 5.54 Å². The van der Waals surface area contributed by atoms with Gasteiger partial charge in [0.2, 0.25) is 0 Å². The molecule has 0 heterocycles. The molecule has 1 rings (SSSR count). The highest BCUT2D eigenvalue weighted by atomic mass is 16.5. The van der Waals surface area contributed by atoms with E-state index in [1.807, 2.05) is 0 Å². The normalized spacial score (nSPS) is 20.6. The van der Waals surface area contributed by atoms with E-state index in [1.54, 1.807) is 13.8 Å². The summed E-state index contributed by atoms with van der Waals surface area (Å²) in [7, 11) is 6.40. The van der Waals surface area contributed by atoms with Gasteiger partial charge in [0.25, 0.3) is 0 Å². The molecule has 0 aliphatic heterocycles. The maximum absolute atomic E-state index is 11.8. The highest BCUT2D eigenvalue weighted by molar-refractivity contribution is 5.79. The summed E-state index contributed by atoms with van der Waals surface area (Å²) < 4.78 is 5.02. The van der Waals surface area contributed by atoms with Crippen LogP contribution in [0.25, 0.3) is 0 Å². The Morgan fingerprint density at radius 2 is 1.95 bits per heavy atom. The predicted octanol–water partition coefficient (Wildman–Crippen LogP) is 1.07. The van der Waals surface area contributed by atoms with Gasteiger partial charge in [0.1, 0.15) is 5.54 Å². The van der Waals surface area contributed by atoms with Gasteiger partial charge in [-0.15, -0.1) is 0 Å². The fraction of sp³-hybridized carbons (Fsp3) is 0.933. The Kier molecular flexibility index (Phi) is 5.98. The van der Waals surface area contributed by atoms with Crippen molar-refractivity contribution in [3.05, 3.63) is 0 Å². The van der Waals surface area contributed by atoms with E-state index in [0.717, 1.165) is 13.1 Å². The van der Waals surface area contributed by atoms with Crippen LogP contribution < -0.4 is 5.73 Å². The highest BCUT2D eigenvalue weighted by Crippen LogP contribution is 2.36. The molecule has 20 heavy (non-hydrogen) atoms. The lowest BCUT2D eigenvalue weighted by Crippen LogP contribution is -2.57. The van der Waals surface area contributed by atoms with Crippen molar-refractivity contribution in [2.75, 3.05) is 40.8 Å². The lowest BCUT2D eigenvalue weighted by Gasteiger charge is -2.49. The number of likely N-dealkylation sites (N-methyl/N-ethyl adjacent to an activating group) is 2. The average molecular weight is 285 g/mol. The molecule has 1 aliphatic carbocycles. The van der Waals surface area contributed by atoms with Crippen molar-refractivity contribution in [1.82, 2.24) is 9.80 Å². The zero-order valence-electron chi connectivity index (χ0n) is 13.7. The molecule has 0 amide bonds. The van der Waals surface area contributed by atoms with Crippen LogP contribution in [0.3, 0.4) is 0 Å². The predicted molar refractivity (Wildman–Crippen MR) is 81.6 cm³/mol. The summed E-state index contributed by atoms with van der Waals surface area (Å²) in [6.07, 6.45) is 4.43. The number of nitrogens with zero attached hydrogens (tertiary/aromatic N) is 2. The van der Waals surface area contributed by atoms with E-state index in [0.29, 0.717) is 18.6 Å². The number of carbonyl (C=O) groups excluding carboxylic acids is 1. The molecule has 5 nitrogen and oxygen atoms in total. The van der Waals surface area contributed by atoms with Gasteiger partial charge < -0.3 is 20.3 Å². The third kappa shape index (κ3) is 4.17. The van der Waals surface area contributed by atoms with Gasteiger partial charge in [-0.25, -0.2) is 0 Å². The molecule has 2 N–H and O–H groups in total. The highest BCUT2D eigenvalue weighted by Gasteiger charge is 2.40. The Bertz CT molecular complexity index is 325. The van der Waals surface area contributed by atoms with Crippen LogP contribution in [0.4, 0.5) is 0 Å². The number of nitrogens with two attached hydrogens (primary N) is 1. The maximum atomic E-state index is 11.8. The minimum atomic E-state index is -0.894. The van der Waals surface area contributed by atoms with Crippen molar-refractivity contribution in [2.24, 2.45) is 5.73 Å². The standard InChI is InChI=1S/C15H31N3O2/c1-6-20-13(19)14(2,16)10-11-18(5)12-15(17(3)4)8-7-9-15/h6-12,16H2,1-5H3. The lowest BCUT2D eigenvalue weighted by molar-refractivity contribution is -0.149. The first kappa shape index (κ1) is 17.4. The van der Waals surface area contributed by atoms with Crippen LogP contribution in [0.2, 0.25) is 0 Å². The summed E-state index contributed by atoms with van der Waals surface area (Å²) in [5.41, 5.74) is 5.47. The number of esters is 1. The second-order valence-corrected chi connectivity index (χ2v) is 6.60. The van der Waals surface area contributed by atoms with Crippen molar-refractivity contribution in [3.63, 3.8) is 0 Å². The van der Waals surface area contributed by atoms with Gasteiger partial charge in [0, 0.05) is 18.6 Å². The van der Waals surface area contributed by atoms with E-state index in [-0.39, 0.29) is 5.97 Å².